The second-order valence-corrected chi connectivity index (χ2v) is 25.9. The standard InChI is InChI=1S/C68H91N9O19/c1-37-46(93-63(89)52(81)51(41-23-13-10-14-24-41)77-59(85)42-25-15-11-16-26-42)35-68(91)56(95-62(88)43-27-17-12-18-28-43)54-66(7,47(79)34-48-67(54,36-92-48)96-40(4)78)55(82)53(50(37)65(68,5)6)94-64(90)73-32-22-9-8-21-31-72-60(86)44(29-19-20-30-69)75-61(87)45(33-49(71)80)76-58(84)39(3)74-57(83)38(2)70/h10-18,23-28,38-39,44-48,51-54,56,79,81,91H,8-9,19-22,29-36,69-70H2,1-7H3,(H2,71,80)(H,72,86)(H,73,90)(H,74,83)(H,75,87)(H,76,84)(H,77,85)/t38?,39?,44?,45?,46-,47-,48+,51-,52+,53+,54-,56-,66+,67-,68+/m0/s1. The molecule has 3 aromatic carbocycles. The van der Waals surface area contributed by atoms with Gasteiger partial charge in [0.25, 0.3) is 5.91 Å². The molecule has 96 heavy (non-hydrogen) atoms. The summed E-state index contributed by atoms with van der Waals surface area (Å²) in [7, 11) is 0. The van der Waals surface area contributed by atoms with Crippen LogP contribution in [0.2, 0.25) is 0 Å². The van der Waals surface area contributed by atoms with Gasteiger partial charge in [-0.1, -0.05) is 93.4 Å². The van der Waals surface area contributed by atoms with E-state index in [9.17, 15) is 63.3 Å². The molecule has 2 bridgehead atoms. The van der Waals surface area contributed by atoms with Gasteiger partial charge in [-0.15, -0.1) is 0 Å². The minimum absolute atomic E-state index is 0.0105. The fraction of sp³-hybridized carbons (Fsp3) is 0.544. The molecule has 0 radical (unpaired) electrons. The predicted molar refractivity (Wildman–Crippen MR) is 344 cm³/mol. The molecular formula is C68H91N9O19. The maximum absolute atomic E-state index is 16.2. The highest BCUT2D eigenvalue weighted by molar-refractivity contribution is 5.98. The maximum Gasteiger partial charge on any atom is 0.408 e. The molecule has 3 aromatic rings. The Labute approximate surface area is 556 Å². The van der Waals surface area contributed by atoms with Crippen molar-refractivity contribution in [2.45, 2.75) is 191 Å². The van der Waals surface area contributed by atoms with Crippen LogP contribution in [0, 0.1) is 16.7 Å². The average Bonchev–Trinajstić information content (AvgIpc) is 0.670. The average molecular weight is 1340 g/mol. The van der Waals surface area contributed by atoms with Crippen LogP contribution in [0.1, 0.15) is 145 Å². The SMILES string of the molecule is CC(=O)O[C@@]12CO[C@@H]1C[C@H](O)[C@@]1(C)C(=O)[C@H](OC(=O)NCCCCCCNC(=O)C(CCCCN)NC(=O)C(CC(N)=O)NC(=O)C(C)NC(=O)C(C)N)C3=C(C)[C@@H](OC(=O)[C@H](O)[C@@H](NC(=O)c4ccccc4)c4ccccc4)C[C@@](O)([C@@H](OC(=O)c4ccccc4)[C@H]21)C3(C)C. The zero-order valence-electron chi connectivity index (χ0n) is 55.1. The number of nitrogens with one attached hydrogen (secondary N) is 6. The number of unbranched alkanes of at least 4 members (excludes halogenated alkanes) is 4. The van der Waals surface area contributed by atoms with Crippen molar-refractivity contribution in [2.24, 2.45) is 33.9 Å². The van der Waals surface area contributed by atoms with Gasteiger partial charge in [-0.3, -0.25) is 38.4 Å². The van der Waals surface area contributed by atoms with Gasteiger partial charge in [0.2, 0.25) is 29.5 Å². The number of aliphatic hydroxyl groups excluding tert-OH is 2. The first kappa shape index (κ1) is 74.7. The minimum atomic E-state index is -2.53. The van der Waals surface area contributed by atoms with E-state index < -0.39 is 179 Å². The number of carbonyl (C=O) groups is 11. The van der Waals surface area contributed by atoms with Crippen LogP contribution < -0.4 is 49.1 Å². The van der Waals surface area contributed by atoms with Crippen molar-refractivity contribution in [3.8, 4) is 0 Å². The molecule has 2 saturated carbocycles. The van der Waals surface area contributed by atoms with E-state index in [1.807, 2.05) is 0 Å². The van der Waals surface area contributed by atoms with Crippen molar-refractivity contribution < 1.29 is 91.7 Å². The smallest absolute Gasteiger partial charge is 0.408 e. The Hall–Kier alpha value is -8.67. The van der Waals surface area contributed by atoms with Crippen LogP contribution in [0.25, 0.3) is 0 Å². The van der Waals surface area contributed by atoms with Crippen molar-refractivity contribution in [1.82, 2.24) is 31.9 Å². The van der Waals surface area contributed by atoms with E-state index in [0.29, 0.717) is 50.6 Å². The minimum Gasteiger partial charge on any atom is -0.456 e. The third-order valence-electron chi connectivity index (χ3n) is 18.9. The highest BCUT2D eigenvalue weighted by Crippen LogP contribution is 2.64. The predicted octanol–water partition coefficient (Wildman–Crippen LogP) is 1.40. The molecule has 1 heterocycles. The Morgan fingerprint density at radius 1 is 0.719 bits per heavy atom. The highest BCUT2D eigenvalue weighted by Gasteiger charge is 2.78. The monoisotopic (exact) mass is 1340 g/mol. The normalized spacial score (nSPS) is 25.8. The number of hydrogen-bond donors (Lipinski definition) is 12. The molecule has 1 saturated heterocycles. The molecule has 28 heteroatoms. The molecule has 28 nitrogen and oxygen atoms in total. The van der Waals surface area contributed by atoms with Gasteiger partial charge < -0.3 is 88.1 Å². The first-order valence-corrected chi connectivity index (χ1v) is 32.3. The third-order valence-corrected chi connectivity index (χ3v) is 18.9. The van der Waals surface area contributed by atoms with E-state index in [1.54, 1.807) is 66.7 Å². The number of esters is 3. The number of alkyl carbamates (subject to hydrolysis) is 1. The molecule has 0 spiro atoms. The van der Waals surface area contributed by atoms with E-state index in [4.69, 9.17) is 40.9 Å². The molecule has 0 aromatic heterocycles. The largest absolute Gasteiger partial charge is 0.456 e. The van der Waals surface area contributed by atoms with E-state index in [0.717, 1.165) is 6.92 Å². The summed E-state index contributed by atoms with van der Waals surface area (Å²) in [6, 6.07) is 17.8. The number of benzene rings is 3. The van der Waals surface area contributed by atoms with Gasteiger partial charge in [0.1, 0.15) is 42.0 Å². The number of ketones is 1. The number of ether oxygens (including phenoxy) is 5. The summed E-state index contributed by atoms with van der Waals surface area (Å²) in [5.41, 5.74) is 8.72. The number of amides is 7. The van der Waals surface area contributed by atoms with E-state index in [-0.39, 0.29) is 48.2 Å². The zero-order valence-corrected chi connectivity index (χ0v) is 55.1. The Morgan fingerprint density at radius 2 is 1.31 bits per heavy atom. The van der Waals surface area contributed by atoms with Crippen LogP contribution in [-0.2, 0) is 62.0 Å². The quantitative estimate of drug-likeness (QED) is 0.0194. The zero-order chi connectivity index (χ0) is 70.5. The van der Waals surface area contributed by atoms with Gasteiger partial charge in [0, 0.05) is 43.8 Å². The summed E-state index contributed by atoms with van der Waals surface area (Å²) < 4.78 is 31.1. The second-order valence-electron chi connectivity index (χ2n) is 25.9. The molecule has 15 atom stereocenters. The van der Waals surface area contributed by atoms with Crippen molar-refractivity contribution in [1.29, 1.82) is 0 Å². The number of Topliss-reactive ketones (excluding diaryl/α,β-unsaturated/α-hetero) is 1. The summed E-state index contributed by atoms with van der Waals surface area (Å²) >= 11 is 0. The third kappa shape index (κ3) is 16.8. The number of nitrogens with two attached hydrogens (primary N) is 3. The molecular weight excluding hydrogens is 1250 g/mol. The summed E-state index contributed by atoms with van der Waals surface area (Å²) in [6.45, 7) is 9.79. The van der Waals surface area contributed by atoms with Gasteiger partial charge in [0.05, 0.1) is 48.1 Å². The summed E-state index contributed by atoms with van der Waals surface area (Å²) in [6.07, 6.45) is -10.4. The van der Waals surface area contributed by atoms with Gasteiger partial charge in [0.15, 0.2) is 23.6 Å². The van der Waals surface area contributed by atoms with Crippen molar-refractivity contribution in [3.63, 3.8) is 0 Å². The lowest BCUT2D eigenvalue weighted by Crippen LogP contribution is -2.82. The summed E-state index contributed by atoms with van der Waals surface area (Å²) in [5.74, 6) is -10.2. The lowest BCUT2D eigenvalue weighted by molar-refractivity contribution is -0.345. The number of hydrogen-bond acceptors (Lipinski definition) is 21. The summed E-state index contributed by atoms with van der Waals surface area (Å²) in [5, 5.41) is 54.2. The Morgan fingerprint density at radius 3 is 1.89 bits per heavy atom. The van der Waals surface area contributed by atoms with Crippen molar-refractivity contribution in [2.75, 3.05) is 26.2 Å². The highest BCUT2D eigenvalue weighted by atomic mass is 16.6. The fourth-order valence-corrected chi connectivity index (χ4v) is 13.4. The Kier molecular flexibility index (Phi) is 25.2. The molecule has 4 unspecified atom stereocenters. The topological polar surface area (TPSA) is 445 Å². The van der Waals surface area contributed by atoms with E-state index >= 15 is 4.79 Å². The number of primary amides is 1. The van der Waals surface area contributed by atoms with Crippen molar-refractivity contribution in [3.05, 3.63) is 119 Å². The lowest BCUT2D eigenvalue weighted by Gasteiger charge is -2.67. The lowest BCUT2D eigenvalue weighted by atomic mass is 9.44. The molecule has 7 amide bonds. The summed E-state index contributed by atoms with van der Waals surface area (Å²) in [4.78, 5) is 151. The number of aliphatic hydroxyl groups is 3. The Bertz CT molecular complexity index is 3360. The molecule has 3 fully saturated rings. The van der Waals surface area contributed by atoms with Crippen molar-refractivity contribution >= 4 is 65.2 Å². The van der Waals surface area contributed by atoms with E-state index in [1.165, 1.54) is 65.8 Å². The molecule has 7 rings (SSSR count). The van der Waals surface area contributed by atoms with E-state index in [2.05, 4.69) is 31.9 Å². The molecule has 522 valence electrons. The van der Waals surface area contributed by atoms with Gasteiger partial charge in [-0.25, -0.2) is 14.4 Å². The Balaban J connectivity index is 1.13. The number of fused-ring (bicyclic) bond motifs is 5. The van der Waals surface area contributed by atoms with Crippen LogP contribution >= 0.6 is 0 Å². The fourth-order valence-electron chi connectivity index (χ4n) is 13.4. The van der Waals surface area contributed by atoms with Gasteiger partial charge >= 0.3 is 24.0 Å². The first-order chi connectivity index (χ1) is 45.4. The van der Waals surface area contributed by atoms with Crippen LogP contribution in [0.15, 0.2) is 102 Å². The van der Waals surface area contributed by atoms with Gasteiger partial charge in [-0.05, 0) is 107 Å². The first-order valence-electron chi connectivity index (χ1n) is 32.3. The van der Waals surface area contributed by atoms with Crippen LogP contribution in [0.4, 0.5) is 4.79 Å². The molecule has 3 aliphatic carbocycles. The van der Waals surface area contributed by atoms with Gasteiger partial charge in [-0.2, -0.15) is 0 Å². The maximum atomic E-state index is 16.2. The molecule has 4 aliphatic rings. The van der Waals surface area contributed by atoms with Crippen LogP contribution in [-0.4, -0.2) is 179 Å². The number of carbonyl (C=O) groups excluding carboxylic acids is 11. The molecule has 15 N–H and O–H groups in total. The number of rotatable bonds is 30. The van der Waals surface area contributed by atoms with Crippen LogP contribution in [0.3, 0.4) is 0 Å². The second kappa shape index (κ2) is 32.4. The van der Waals surface area contributed by atoms with Crippen LogP contribution in [0.5, 0.6) is 0 Å². The molecule has 1 aliphatic heterocycles.